The van der Waals surface area contributed by atoms with E-state index in [0.717, 1.165) is 6.92 Å². The molecule has 25 N–H and O–H groups in total. The molecule has 89 heavy (non-hydrogen) atoms. The van der Waals surface area contributed by atoms with Crippen LogP contribution in [0.5, 0.6) is 0 Å². The van der Waals surface area contributed by atoms with Crippen LogP contribution in [-0.2, 0) is 73.0 Å². The van der Waals surface area contributed by atoms with Gasteiger partial charge in [0.05, 0.1) is 31.7 Å². The quantitative estimate of drug-likeness (QED) is 0.0128. The van der Waals surface area contributed by atoms with E-state index in [1.54, 1.807) is 51.2 Å². The predicted octanol–water partition coefficient (Wildman–Crippen LogP) is -5.38. The van der Waals surface area contributed by atoms with Crippen LogP contribution in [0.3, 0.4) is 0 Å². The second-order valence-electron chi connectivity index (χ2n) is 21.2. The average molecular weight is 1280 g/mol. The van der Waals surface area contributed by atoms with E-state index in [9.17, 15) is 87.2 Å². The zero-order valence-electron chi connectivity index (χ0n) is 50.2. The number of carbonyl (C=O) groups is 12. The van der Waals surface area contributed by atoms with Crippen LogP contribution in [0, 0.1) is 11.8 Å². The molecule has 1 heterocycles. The molecule has 10 amide bonds. The first-order valence-electron chi connectivity index (χ1n) is 28.6. The summed E-state index contributed by atoms with van der Waals surface area (Å²) in [6.07, 6.45) is -1.08. The smallest absolute Gasteiger partial charge is 0.469 e. The lowest BCUT2D eigenvalue weighted by molar-refractivity contribution is -0.142. The number of benzene rings is 1. The van der Waals surface area contributed by atoms with Gasteiger partial charge in [-0.05, 0) is 69.0 Å². The number of aliphatic hydroxyl groups excluding tert-OH is 1. The number of aliphatic imine (C=N–C) groups is 1. The van der Waals surface area contributed by atoms with Gasteiger partial charge in [0.15, 0.2) is 5.96 Å². The van der Waals surface area contributed by atoms with E-state index in [2.05, 4.69) is 62.4 Å². The Morgan fingerprint density at radius 1 is 0.640 bits per heavy atom. The molecule has 2 aromatic rings. The summed E-state index contributed by atoms with van der Waals surface area (Å²) in [7, 11) is -5.40. The number of para-hydroxylation sites is 1. The number of unbranched alkanes of at least 4 members (excludes halogenated alkanes) is 1. The first kappa shape index (κ1) is 76.8. The maximum Gasteiger partial charge on any atom is 0.469 e. The Kier molecular flexibility index (Phi) is 32.9. The van der Waals surface area contributed by atoms with Gasteiger partial charge in [0, 0.05) is 36.5 Å². The number of fused-ring (bicyclic) bond motifs is 1. The van der Waals surface area contributed by atoms with Crippen LogP contribution >= 0.6 is 7.82 Å². The lowest BCUT2D eigenvalue weighted by Gasteiger charge is -2.31. The lowest BCUT2D eigenvalue weighted by atomic mass is 9.95. The molecule has 0 saturated carbocycles. The minimum Gasteiger partial charge on any atom is -0.481 e. The summed E-state index contributed by atoms with van der Waals surface area (Å²) >= 11 is 0. The number of aromatic amines is 1. The first-order valence-corrected chi connectivity index (χ1v) is 30.1. The molecule has 1 aromatic carbocycles. The molecule has 498 valence electrons. The Bertz CT molecular complexity index is 2850. The van der Waals surface area contributed by atoms with Gasteiger partial charge in [-0.15, -0.1) is 0 Å². The Balaban J connectivity index is 2.54. The Hall–Kier alpha value is -8.34. The van der Waals surface area contributed by atoms with Crippen LogP contribution in [0.2, 0.25) is 0 Å². The maximum absolute atomic E-state index is 14.8. The zero-order valence-corrected chi connectivity index (χ0v) is 51.0. The number of carboxylic acid groups (broad SMARTS) is 2. The van der Waals surface area contributed by atoms with E-state index < -0.39 is 184 Å². The third-order valence-corrected chi connectivity index (χ3v) is 14.5. The number of phosphoric ester groups is 1. The number of nitrogens with one attached hydrogen (secondary N) is 10. The highest BCUT2D eigenvalue weighted by Gasteiger charge is 2.39. The van der Waals surface area contributed by atoms with E-state index in [1.807, 2.05) is 0 Å². The van der Waals surface area contributed by atoms with Gasteiger partial charge in [-0.3, -0.25) is 62.3 Å². The number of H-pyrrole nitrogens is 1. The minimum absolute atomic E-state index is 0.0587. The lowest BCUT2D eigenvalue weighted by Crippen LogP contribution is -2.62. The van der Waals surface area contributed by atoms with Gasteiger partial charge in [0.2, 0.25) is 59.1 Å². The van der Waals surface area contributed by atoms with E-state index in [1.165, 1.54) is 6.92 Å². The third-order valence-electron chi connectivity index (χ3n) is 14.1. The summed E-state index contributed by atoms with van der Waals surface area (Å²) in [4.78, 5) is 186. The number of rotatable bonds is 42. The number of guanidine groups is 1. The standard InChI is InChI=1S/C53H87N16O19P/c1-6-26(3)41(50(81)63-33(17-18-38(56)71)45(76)69-43(28(5)70)49(80)61-24-39(72)62-34(52(83)84)16-12-20-59-53(57)58)67-47(78)35(21-29-23-60-32-15-9-8-13-30(29)32)65-51(82)42(27(4)7-2)68-48(79)37(25-88-89(85,86)87)66-46(77)36(22-40(73)74)64-44(75)31(55)14-10-11-19-54/h8-9,13,15,23,26-28,31,33-37,41-43,60,70H,6-7,10-12,14,16-22,24-25,54-55H2,1-5H3,(H2,56,71)(H,61,80)(H,62,72)(H,63,81)(H,64,75)(H,65,82)(H,66,77)(H,67,78)(H,68,79)(H,69,76)(H,73,74)(H,83,84)(H4,57,58,59)(H2,85,86,87)/t26-,27-,28+,31-,33-,34-,35-,36-,37-,41-,42-,43-/m0/s1. The molecular weight excluding hydrogens is 1200 g/mol. The molecule has 0 fully saturated rings. The molecule has 1 aromatic heterocycles. The molecule has 0 aliphatic rings. The molecular formula is C53H87N16O19P. The number of nitrogens with two attached hydrogens (primary N) is 5. The number of nitrogens with zero attached hydrogens (tertiary/aromatic N) is 1. The highest BCUT2D eigenvalue weighted by molar-refractivity contribution is 7.46. The Morgan fingerprint density at radius 3 is 1.72 bits per heavy atom. The Morgan fingerprint density at radius 2 is 1.18 bits per heavy atom. The molecule has 12 atom stereocenters. The normalized spacial score (nSPS) is 15.4. The molecule has 36 heteroatoms. The minimum atomic E-state index is -5.40. The molecule has 2 rings (SSSR count). The molecule has 35 nitrogen and oxygen atoms in total. The number of phosphoric acid groups is 1. The predicted molar refractivity (Wildman–Crippen MR) is 318 cm³/mol. The van der Waals surface area contributed by atoms with E-state index >= 15 is 0 Å². The second kappa shape index (κ2) is 38.2. The number of carbonyl (C=O) groups excluding carboxylic acids is 10. The van der Waals surface area contributed by atoms with E-state index in [-0.39, 0.29) is 57.6 Å². The third kappa shape index (κ3) is 27.7. The van der Waals surface area contributed by atoms with Crippen molar-refractivity contribution >= 4 is 95.7 Å². The fraction of sp³-hybridized carbons (Fsp3) is 0.604. The molecule has 0 radical (unpaired) electrons. The van der Waals surface area contributed by atoms with Crippen molar-refractivity contribution in [2.75, 3.05) is 26.2 Å². The summed E-state index contributed by atoms with van der Waals surface area (Å²) in [5, 5.41) is 51.6. The van der Waals surface area contributed by atoms with Gasteiger partial charge in [-0.25, -0.2) is 9.36 Å². The summed E-state index contributed by atoms with van der Waals surface area (Å²) < 4.78 is 16.5. The van der Waals surface area contributed by atoms with E-state index in [4.69, 9.17) is 28.7 Å². The summed E-state index contributed by atoms with van der Waals surface area (Å²) in [6, 6.07) is -8.07. The van der Waals surface area contributed by atoms with Crippen LogP contribution in [0.15, 0.2) is 35.5 Å². The number of aliphatic hydroxyl groups is 1. The Labute approximate surface area is 512 Å². The van der Waals surface area contributed by atoms with E-state index in [0.29, 0.717) is 29.3 Å². The van der Waals surface area contributed by atoms with Crippen LogP contribution in [0.25, 0.3) is 10.9 Å². The van der Waals surface area contributed by atoms with Crippen molar-refractivity contribution in [3.05, 3.63) is 36.0 Å². The average Bonchev–Trinajstić information content (AvgIpc) is 2.50. The molecule has 0 saturated heterocycles. The topological polar surface area (TPSA) is 599 Å². The molecule has 0 unspecified atom stereocenters. The molecule has 0 bridgehead atoms. The van der Waals surface area contributed by atoms with Gasteiger partial charge in [-0.2, -0.15) is 0 Å². The van der Waals surface area contributed by atoms with Crippen molar-refractivity contribution < 1.29 is 91.7 Å². The fourth-order valence-corrected chi connectivity index (χ4v) is 8.93. The van der Waals surface area contributed by atoms with Crippen LogP contribution < -0.4 is 76.5 Å². The van der Waals surface area contributed by atoms with Crippen molar-refractivity contribution in [1.82, 2.24) is 52.8 Å². The molecule has 0 aliphatic heterocycles. The van der Waals surface area contributed by atoms with Crippen molar-refractivity contribution in [3.63, 3.8) is 0 Å². The highest BCUT2D eigenvalue weighted by atomic mass is 31.2. The van der Waals surface area contributed by atoms with Crippen LogP contribution in [0.1, 0.15) is 104 Å². The molecule has 0 aliphatic carbocycles. The van der Waals surface area contributed by atoms with Crippen LogP contribution in [-0.4, -0.2) is 194 Å². The number of amides is 10. The summed E-state index contributed by atoms with van der Waals surface area (Å²) in [6.45, 7) is 5.72. The SMILES string of the molecule is CC[C@H](C)[C@H](NC(=O)[C@H](Cc1c[nH]c2ccccc12)NC(=O)[C@@H](NC(=O)[C@H](COP(=O)(O)O)NC(=O)[C@H](CC(=O)O)NC(=O)[C@@H](N)CCCCN)[C@@H](C)CC)C(=O)N[C@@H](CCC(N)=O)C(=O)N[C@H](C(=O)NCC(=O)N[C@@H](CCCN=C(N)N)C(=O)O)[C@@H](C)O. The summed E-state index contributed by atoms with van der Waals surface area (Å²) in [5.74, 6) is -15.6. The first-order chi connectivity index (χ1) is 41.7. The van der Waals surface area contributed by atoms with Crippen molar-refractivity contribution in [1.29, 1.82) is 0 Å². The molecule has 0 spiro atoms. The number of carboxylic acids is 2. The van der Waals surface area contributed by atoms with Gasteiger partial charge >= 0.3 is 19.8 Å². The van der Waals surface area contributed by atoms with Crippen LogP contribution in [0.4, 0.5) is 0 Å². The number of hydrogen-bond donors (Lipinski definition) is 20. The van der Waals surface area contributed by atoms with Crippen molar-refractivity contribution in [2.24, 2.45) is 45.5 Å². The number of aliphatic carboxylic acids is 2. The van der Waals surface area contributed by atoms with Gasteiger partial charge < -0.3 is 107 Å². The number of aromatic nitrogens is 1. The second-order valence-corrected chi connectivity index (χ2v) is 22.4. The fourth-order valence-electron chi connectivity index (χ4n) is 8.59. The number of hydrogen-bond acceptors (Lipinski definition) is 18. The zero-order chi connectivity index (χ0) is 67.3. The maximum atomic E-state index is 14.8. The van der Waals surface area contributed by atoms with Crippen molar-refractivity contribution in [2.45, 2.75) is 166 Å². The van der Waals surface area contributed by atoms with Gasteiger partial charge in [-0.1, -0.05) is 65.2 Å². The number of primary amides is 1. The van der Waals surface area contributed by atoms with Crippen molar-refractivity contribution in [3.8, 4) is 0 Å². The van der Waals surface area contributed by atoms with Gasteiger partial charge in [0.25, 0.3) is 0 Å². The summed E-state index contributed by atoms with van der Waals surface area (Å²) in [5.41, 5.74) is 28.5. The largest absolute Gasteiger partial charge is 0.481 e. The highest BCUT2D eigenvalue weighted by Crippen LogP contribution is 2.35. The monoisotopic (exact) mass is 1280 g/mol. The van der Waals surface area contributed by atoms with Gasteiger partial charge in [0.1, 0.15) is 48.3 Å².